The number of aromatic nitrogens is 4. The molecule has 6 amide bonds. The number of amides is 6. The fourth-order valence-electron chi connectivity index (χ4n) is 9.05. The van der Waals surface area contributed by atoms with Crippen LogP contribution in [0.1, 0.15) is 97.4 Å². The molecule has 8 rings (SSSR count). The van der Waals surface area contributed by atoms with Crippen molar-refractivity contribution in [3.05, 3.63) is 71.0 Å². The smallest absolute Gasteiger partial charge is 0.319 e. The molecule has 18 heteroatoms. The molecule has 2 aromatic carbocycles. The first kappa shape index (κ1) is 50.0. The Hall–Kier alpha value is -6.40. The number of rotatable bonds is 8. The highest BCUT2D eigenvalue weighted by molar-refractivity contribution is 5.90. The van der Waals surface area contributed by atoms with Crippen molar-refractivity contribution in [1.29, 1.82) is 0 Å². The summed E-state index contributed by atoms with van der Waals surface area (Å²) < 4.78 is 11.3. The van der Waals surface area contributed by atoms with E-state index in [-0.39, 0.29) is 55.5 Å². The number of fused-ring (bicyclic) bond motifs is 2. The van der Waals surface area contributed by atoms with Crippen LogP contribution in [0.5, 0.6) is 0 Å². The van der Waals surface area contributed by atoms with Crippen molar-refractivity contribution in [1.82, 2.24) is 40.4 Å². The average molecular weight is 921 g/mol. The first-order chi connectivity index (χ1) is 31.8. The van der Waals surface area contributed by atoms with Crippen LogP contribution in [0.25, 0.3) is 22.8 Å². The van der Waals surface area contributed by atoms with Gasteiger partial charge < -0.3 is 50.3 Å². The molecule has 4 aliphatic rings. The van der Waals surface area contributed by atoms with E-state index in [1.807, 2.05) is 86.0 Å². The van der Waals surface area contributed by atoms with E-state index in [0.717, 1.165) is 71.2 Å². The first-order valence-corrected chi connectivity index (χ1v) is 23.1. The number of morpholine rings is 2. The zero-order chi connectivity index (χ0) is 47.1. The molecule has 0 unspecified atom stereocenters. The predicted molar refractivity (Wildman–Crippen MR) is 261 cm³/mol. The molecule has 2 saturated heterocycles. The molecule has 0 bridgehead atoms. The minimum absolute atomic E-state index is 0. The number of ether oxygens (including phenoxy) is 2. The number of anilines is 4. The third-order valence-electron chi connectivity index (χ3n) is 12.5. The van der Waals surface area contributed by atoms with Gasteiger partial charge in [0.1, 0.15) is 11.6 Å². The number of carbonyl (C=O) groups excluding carboxylic acids is 4. The zero-order valence-corrected chi connectivity index (χ0v) is 39.4. The Balaban J connectivity index is 0.000000218. The van der Waals surface area contributed by atoms with Gasteiger partial charge in [0.15, 0.2) is 11.6 Å². The molecule has 360 valence electrons. The Kier molecular flexibility index (Phi) is 16.7. The monoisotopic (exact) mass is 921 g/mol. The van der Waals surface area contributed by atoms with E-state index in [0.29, 0.717) is 75.6 Å². The van der Waals surface area contributed by atoms with E-state index in [9.17, 15) is 19.2 Å². The number of carbonyl (C=O) groups is 4. The SMILES string of the molecule is C.CCNC(=O)Nc1ccc(-c2nc3c(c(N4CCOC[C@@H]4C)n2)CCN(C(C)=O)[C@@H]3C)cc1.CCNC(=O)Nc1ccc(-c2nc3c(c(N4CCOC[C@@H]4C)n2)CCN(C(C)=O)[C@H]3C)cc1. The number of benzene rings is 2. The topological polar surface area (TPSA) is 199 Å². The standard InChI is InChI=1S/2C24H32N6O3.CH4/c2*1-5-25-24(32)26-19-8-6-18(7-9-19)22-27-21-16(3)30(17(4)31)11-10-20(21)23(28-22)29-12-13-33-14-15(29)2;/h2*6-9,15-16H,5,10-14H2,1-4H3,(H2,25,26,32);1H4/t15-,16+;15-,16-;/m00./s1. The Bertz CT molecular complexity index is 2220. The van der Waals surface area contributed by atoms with Crippen molar-refractivity contribution in [3.8, 4) is 22.8 Å². The molecule has 6 heterocycles. The summed E-state index contributed by atoms with van der Waals surface area (Å²) in [5.74, 6) is 3.20. The molecule has 4 aromatic rings. The number of nitrogens with zero attached hydrogens (tertiary/aromatic N) is 8. The van der Waals surface area contributed by atoms with Gasteiger partial charge in [0.05, 0.1) is 62.0 Å². The van der Waals surface area contributed by atoms with Gasteiger partial charge in [-0.3, -0.25) is 9.59 Å². The molecule has 0 saturated carbocycles. The van der Waals surface area contributed by atoms with Crippen LogP contribution < -0.4 is 31.1 Å². The van der Waals surface area contributed by atoms with Gasteiger partial charge in [-0.25, -0.2) is 29.5 Å². The molecule has 0 radical (unpaired) electrons. The minimum Gasteiger partial charge on any atom is -0.377 e. The lowest BCUT2D eigenvalue weighted by molar-refractivity contribution is -0.132. The summed E-state index contributed by atoms with van der Waals surface area (Å²) in [6, 6.07) is 14.7. The maximum absolute atomic E-state index is 12.2. The van der Waals surface area contributed by atoms with Crippen LogP contribution in [0.3, 0.4) is 0 Å². The second kappa shape index (κ2) is 22.4. The van der Waals surface area contributed by atoms with Crippen molar-refractivity contribution in [3.63, 3.8) is 0 Å². The molecule has 4 N–H and O–H groups in total. The Morgan fingerprint density at radius 1 is 0.582 bits per heavy atom. The van der Waals surface area contributed by atoms with Crippen molar-refractivity contribution >= 4 is 46.9 Å². The molecule has 4 atom stereocenters. The van der Waals surface area contributed by atoms with Gasteiger partial charge in [-0.1, -0.05) is 7.43 Å². The fourth-order valence-corrected chi connectivity index (χ4v) is 9.05. The van der Waals surface area contributed by atoms with Crippen molar-refractivity contribution in [2.75, 3.05) is 86.1 Å². The summed E-state index contributed by atoms with van der Waals surface area (Å²) in [5.41, 5.74) is 7.14. The van der Waals surface area contributed by atoms with Crippen molar-refractivity contribution in [2.45, 2.75) is 99.8 Å². The Morgan fingerprint density at radius 2 is 0.955 bits per heavy atom. The van der Waals surface area contributed by atoms with E-state index >= 15 is 0 Å². The van der Waals surface area contributed by atoms with Crippen LogP contribution in [0, 0.1) is 0 Å². The van der Waals surface area contributed by atoms with E-state index in [1.54, 1.807) is 13.8 Å². The Labute approximate surface area is 394 Å². The quantitative estimate of drug-likeness (QED) is 0.148. The molecular weight excluding hydrogens is 853 g/mol. The fraction of sp³-hybridized carbons (Fsp3) is 0.510. The maximum Gasteiger partial charge on any atom is 0.319 e. The first-order valence-electron chi connectivity index (χ1n) is 23.1. The second-order valence-corrected chi connectivity index (χ2v) is 17.1. The summed E-state index contributed by atoms with van der Waals surface area (Å²) in [7, 11) is 0. The van der Waals surface area contributed by atoms with Gasteiger partial charge in [0.25, 0.3) is 0 Å². The van der Waals surface area contributed by atoms with Crippen LogP contribution in [0.4, 0.5) is 32.6 Å². The highest BCUT2D eigenvalue weighted by Gasteiger charge is 2.35. The largest absolute Gasteiger partial charge is 0.377 e. The summed E-state index contributed by atoms with van der Waals surface area (Å²) >= 11 is 0. The van der Waals surface area contributed by atoms with Gasteiger partial charge >= 0.3 is 12.1 Å². The van der Waals surface area contributed by atoms with Crippen LogP contribution in [0.2, 0.25) is 0 Å². The number of nitrogens with one attached hydrogen (secondary N) is 4. The molecular formula is C49H68N12O6. The third-order valence-corrected chi connectivity index (χ3v) is 12.5. The highest BCUT2D eigenvalue weighted by atomic mass is 16.5. The van der Waals surface area contributed by atoms with Gasteiger partial charge in [-0.15, -0.1) is 0 Å². The molecule has 0 aliphatic carbocycles. The van der Waals surface area contributed by atoms with E-state index in [4.69, 9.17) is 29.4 Å². The predicted octanol–water partition coefficient (Wildman–Crippen LogP) is 6.59. The molecule has 2 fully saturated rings. The zero-order valence-electron chi connectivity index (χ0n) is 39.4. The molecule has 67 heavy (non-hydrogen) atoms. The lowest BCUT2D eigenvalue weighted by Gasteiger charge is -2.39. The van der Waals surface area contributed by atoms with Crippen LogP contribution >= 0.6 is 0 Å². The highest BCUT2D eigenvalue weighted by Crippen LogP contribution is 2.38. The number of urea groups is 2. The van der Waals surface area contributed by atoms with E-state index in [1.165, 1.54) is 0 Å². The summed E-state index contributed by atoms with van der Waals surface area (Å²) in [6.45, 7) is 21.9. The molecule has 18 nitrogen and oxygen atoms in total. The summed E-state index contributed by atoms with van der Waals surface area (Å²) in [4.78, 5) is 76.2. The summed E-state index contributed by atoms with van der Waals surface area (Å²) in [6.07, 6.45) is 1.46. The van der Waals surface area contributed by atoms with Crippen LogP contribution in [0.15, 0.2) is 48.5 Å². The van der Waals surface area contributed by atoms with Crippen molar-refractivity contribution < 1.29 is 28.7 Å². The van der Waals surface area contributed by atoms with Crippen molar-refractivity contribution in [2.24, 2.45) is 0 Å². The van der Waals surface area contributed by atoms with Gasteiger partial charge in [0, 0.05) is 86.7 Å². The van der Waals surface area contributed by atoms with E-state index < -0.39 is 0 Å². The second-order valence-electron chi connectivity index (χ2n) is 17.1. The number of hydrogen-bond donors (Lipinski definition) is 4. The molecule has 2 aromatic heterocycles. The summed E-state index contributed by atoms with van der Waals surface area (Å²) in [5, 5.41) is 11.1. The normalized spacial score (nSPS) is 19.9. The number of hydrogen-bond acceptors (Lipinski definition) is 12. The maximum atomic E-state index is 12.2. The van der Waals surface area contributed by atoms with Crippen LogP contribution in [-0.4, -0.2) is 131 Å². The van der Waals surface area contributed by atoms with Gasteiger partial charge in [-0.05, 0) is 103 Å². The average Bonchev–Trinajstić information content (AvgIpc) is 3.30. The molecule has 0 spiro atoms. The van der Waals surface area contributed by atoms with Crippen LogP contribution in [-0.2, 0) is 31.9 Å². The third kappa shape index (κ3) is 11.4. The lowest BCUT2D eigenvalue weighted by atomic mass is 9.97. The van der Waals surface area contributed by atoms with Gasteiger partial charge in [-0.2, -0.15) is 0 Å². The van der Waals surface area contributed by atoms with E-state index in [2.05, 4.69) is 44.9 Å². The molecule has 4 aliphatic heterocycles. The Morgan fingerprint density at radius 3 is 1.28 bits per heavy atom. The van der Waals surface area contributed by atoms with Gasteiger partial charge in [0.2, 0.25) is 11.8 Å². The lowest BCUT2D eigenvalue weighted by Crippen LogP contribution is -2.46. The minimum atomic E-state index is -0.239.